The van der Waals surface area contributed by atoms with E-state index in [0.29, 0.717) is 11.3 Å². The Bertz CT molecular complexity index is 1220. The molecule has 3 aromatic carbocycles. The number of rotatable bonds is 5. The first kappa shape index (κ1) is 20.0. The number of nitrogens with zero attached hydrogens (tertiary/aromatic N) is 2. The summed E-state index contributed by atoms with van der Waals surface area (Å²) < 4.78 is 0. The Morgan fingerprint density at radius 1 is 1.06 bits per heavy atom. The monoisotopic (exact) mass is 418 g/mol. The minimum atomic E-state index is -1.30. The highest BCUT2D eigenvalue weighted by Gasteiger charge is 2.49. The van der Waals surface area contributed by atoms with Gasteiger partial charge in [-0.25, -0.2) is 4.79 Å². The summed E-state index contributed by atoms with van der Waals surface area (Å²) in [4.78, 5) is 49.0. The summed E-state index contributed by atoms with van der Waals surface area (Å²) in [6.45, 7) is 1.12. The number of imide groups is 1. The zero-order valence-corrected chi connectivity index (χ0v) is 16.5. The van der Waals surface area contributed by atoms with Crippen LogP contribution >= 0.6 is 0 Å². The van der Waals surface area contributed by atoms with E-state index in [9.17, 15) is 24.5 Å². The average Bonchev–Trinajstić information content (AvgIpc) is 2.97. The lowest BCUT2D eigenvalue weighted by Gasteiger charge is -2.22. The van der Waals surface area contributed by atoms with Gasteiger partial charge in [-0.2, -0.15) is 0 Å². The number of hydrogen-bond acceptors (Lipinski definition) is 5. The number of anilines is 1. The molecule has 1 aliphatic heterocycles. The van der Waals surface area contributed by atoms with E-state index in [-0.39, 0.29) is 5.69 Å². The van der Waals surface area contributed by atoms with Gasteiger partial charge in [-0.15, -0.1) is 0 Å². The maximum absolute atomic E-state index is 13.1. The third-order valence-corrected chi connectivity index (χ3v) is 5.27. The van der Waals surface area contributed by atoms with Gasteiger partial charge in [0.15, 0.2) is 0 Å². The van der Waals surface area contributed by atoms with Crippen LogP contribution in [0, 0.1) is 10.1 Å². The normalized spacial score (nSPS) is 18.2. The first-order valence-electron chi connectivity index (χ1n) is 9.45. The molecule has 1 unspecified atom stereocenters. The van der Waals surface area contributed by atoms with Crippen LogP contribution in [-0.4, -0.2) is 34.2 Å². The predicted molar refractivity (Wildman–Crippen MR) is 113 cm³/mol. The largest absolute Gasteiger partial charge is 0.325 e. The zero-order valence-electron chi connectivity index (χ0n) is 16.5. The molecular weight excluding hydrogens is 400 g/mol. The minimum absolute atomic E-state index is 0.113. The summed E-state index contributed by atoms with van der Waals surface area (Å²) in [5, 5.41) is 17.9. The standard InChI is InChI=1S/C22H18N4O5/c1-22(16-7-6-14-4-2-3-5-15(14)12-16)20(28)25(21(29)24-22)13-19(27)23-17-8-10-18(11-9-17)26(30)31/h2-12H,13H2,1H3,(H,23,27)(H,24,29). The second-order valence-corrected chi connectivity index (χ2v) is 7.36. The van der Waals surface area contributed by atoms with Crippen LogP contribution in [0.4, 0.5) is 16.2 Å². The van der Waals surface area contributed by atoms with Crippen LogP contribution in [0.25, 0.3) is 10.8 Å². The van der Waals surface area contributed by atoms with E-state index in [0.717, 1.165) is 15.7 Å². The molecule has 0 bridgehead atoms. The molecule has 1 fully saturated rings. The summed E-state index contributed by atoms with van der Waals surface area (Å²) >= 11 is 0. The van der Waals surface area contributed by atoms with Crippen molar-refractivity contribution >= 4 is 40.0 Å². The molecule has 3 aromatic rings. The van der Waals surface area contributed by atoms with E-state index < -0.39 is 34.9 Å². The molecule has 1 aliphatic rings. The molecule has 1 saturated heterocycles. The predicted octanol–water partition coefficient (Wildman–Crippen LogP) is 3.15. The number of benzene rings is 3. The highest BCUT2D eigenvalue weighted by Crippen LogP contribution is 2.31. The van der Waals surface area contributed by atoms with Crippen molar-refractivity contribution in [3.63, 3.8) is 0 Å². The molecule has 1 atom stereocenters. The molecule has 9 nitrogen and oxygen atoms in total. The fraction of sp³-hybridized carbons (Fsp3) is 0.136. The van der Waals surface area contributed by atoms with Gasteiger partial charge in [-0.05, 0) is 41.5 Å². The molecule has 1 heterocycles. The van der Waals surface area contributed by atoms with Crippen molar-refractivity contribution < 1.29 is 19.3 Å². The molecule has 0 spiro atoms. The Labute approximate surface area is 176 Å². The van der Waals surface area contributed by atoms with Crippen LogP contribution in [0.3, 0.4) is 0 Å². The SMILES string of the molecule is CC1(c2ccc3ccccc3c2)NC(=O)N(CC(=O)Nc2ccc([N+](=O)[O-])cc2)C1=O. The smallest absolute Gasteiger partial charge is 0.325 e. The molecule has 9 heteroatoms. The first-order valence-corrected chi connectivity index (χ1v) is 9.45. The van der Waals surface area contributed by atoms with Gasteiger partial charge >= 0.3 is 6.03 Å². The molecule has 156 valence electrons. The average molecular weight is 418 g/mol. The molecule has 31 heavy (non-hydrogen) atoms. The van der Waals surface area contributed by atoms with Crippen molar-refractivity contribution in [2.24, 2.45) is 0 Å². The number of hydrogen-bond donors (Lipinski definition) is 2. The maximum Gasteiger partial charge on any atom is 0.325 e. The number of non-ortho nitro benzene ring substituents is 1. The fourth-order valence-electron chi connectivity index (χ4n) is 3.55. The number of nitro groups is 1. The Morgan fingerprint density at radius 3 is 2.42 bits per heavy atom. The second-order valence-electron chi connectivity index (χ2n) is 7.36. The number of nitro benzene ring substituents is 1. The van der Waals surface area contributed by atoms with E-state index >= 15 is 0 Å². The van der Waals surface area contributed by atoms with E-state index in [2.05, 4.69) is 10.6 Å². The second kappa shape index (κ2) is 7.52. The number of urea groups is 1. The third-order valence-electron chi connectivity index (χ3n) is 5.27. The van der Waals surface area contributed by atoms with Gasteiger partial charge in [0.1, 0.15) is 12.1 Å². The number of amides is 4. The van der Waals surface area contributed by atoms with E-state index in [4.69, 9.17) is 0 Å². The van der Waals surface area contributed by atoms with Crippen molar-refractivity contribution in [1.82, 2.24) is 10.2 Å². The lowest BCUT2D eigenvalue weighted by atomic mass is 9.90. The van der Waals surface area contributed by atoms with Crippen molar-refractivity contribution in [3.05, 3.63) is 82.4 Å². The molecular formula is C22H18N4O5. The summed E-state index contributed by atoms with van der Waals surface area (Å²) in [5.74, 6) is -1.13. The maximum atomic E-state index is 13.1. The van der Waals surface area contributed by atoms with Gasteiger partial charge in [0, 0.05) is 17.8 Å². The molecule has 0 saturated carbocycles. The van der Waals surface area contributed by atoms with Crippen LogP contribution in [0.15, 0.2) is 66.7 Å². The summed E-state index contributed by atoms with van der Waals surface area (Å²) in [7, 11) is 0. The van der Waals surface area contributed by atoms with Gasteiger partial charge in [0.2, 0.25) is 5.91 Å². The summed E-state index contributed by atoms with van der Waals surface area (Å²) in [5.41, 5.74) is -0.476. The number of carbonyl (C=O) groups excluding carboxylic acids is 3. The van der Waals surface area contributed by atoms with Crippen molar-refractivity contribution in [2.45, 2.75) is 12.5 Å². The van der Waals surface area contributed by atoms with Crippen LogP contribution in [-0.2, 0) is 15.1 Å². The van der Waals surface area contributed by atoms with Crippen molar-refractivity contribution in [2.75, 3.05) is 11.9 Å². The Balaban J connectivity index is 1.50. The summed E-state index contributed by atoms with van der Waals surface area (Å²) in [6, 6.07) is 17.7. The van der Waals surface area contributed by atoms with Crippen LogP contribution in [0.5, 0.6) is 0 Å². The van der Waals surface area contributed by atoms with Crippen LogP contribution < -0.4 is 10.6 Å². The van der Waals surface area contributed by atoms with E-state index in [1.165, 1.54) is 24.3 Å². The number of fused-ring (bicyclic) bond motifs is 1. The van der Waals surface area contributed by atoms with Gasteiger partial charge in [0.05, 0.1) is 4.92 Å². The molecule has 2 N–H and O–H groups in total. The van der Waals surface area contributed by atoms with Crippen molar-refractivity contribution in [1.29, 1.82) is 0 Å². The quantitative estimate of drug-likeness (QED) is 0.374. The number of carbonyl (C=O) groups is 3. The third kappa shape index (κ3) is 3.68. The molecule has 0 aliphatic carbocycles. The molecule has 4 amide bonds. The summed E-state index contributed by atoms with van der Waals surface area (Å²) in [6.07, 6.45) is 0. The van der Waals surface area contributed by atoms with E-state index in [1.807, 2.05) is 36.4 Å². The molecule has 0 aromatic heterocycles. The van der Waals surface area contributed by atoms with Gasteiger partial charge in [0.25, 0.3) is 11.6 Å². The van der Waals surface area contributed by atoms with Gasteiger partial charge in [-0.3, -0.25) is 24.6 Å². The van der Waals surface area contributed by atoms with Crippen LogP contribution in [0.1, 0.15) is 12.5 Å². The Hall–Kier alpha value is -4.27. The van der Waals surface area contributed by atoms with Gasteiger partial charge in [-0.1, -0.05) is 36.4 Å². The van der Waals surface area contributed by atoms with Gasteiger partial charge < -0.3 is 10.6 Å². The lowest BCUT2D eigenvalue weighted by molar-refractivity contribution is -0.384. The topological polar surface area (TPSA) is 122 Å². The lowest BCUT2D eigenvalue weighted by Crippen LogP contribution is -2.42. The fourth-order valence-corrected chi connectivity index (χ4v) is 3.55. The Kier molecular flexibility index (Phi) is 4.86. The molecule has 4 rings (SSSR count). The highest BCUT2D eigenvalue weighted by atomic mass is 16.6. The zero-order chi connectivity index (χ0) is 22.2. The van der Waals surface area contributed by atoms with Crippen LogP contribution in [0.2, 0.25) is 0 Å². The minimum Gasteiger partial charge on any atom is -0.325 e. The van der Waals surface area contributed by atoms with Crippen molar-refractivity contribution in [3.8, 4) is 0 Å². The molecule has 0 radical (unpaired) electrons. The van der Waals surface area contributed by atoms with E-state index in [1.54, 1.807) is 13.0 Å². The number of nitrogens with one attached hydrogen (secondary N) is 2. The highest BCUT2D eigenvalue weighted by molar-refractivity contribution is 6.10. The first-order chi connectivity index (χ1) is 14.8. The Morgan fingerprint density at radius 2 is 1.74 bits per heavy atom.